The van der Waals surface area contributed by atoms with Crippen LogP contribution in [0.1, 0.15) is 38.7 Å². The molecule has 1 aromatic rings. The minimum Gasteiger partial charge on any atom is -0.237 e. The summed E-state index contributed by atoms with van der Waals surface area (Å²) < 4.78 is 27.2. The fourth-order valence-electron chi connectivity index (χ4n) is 5.15. The van der Waals surface area contributed by atoms with Gasteiger partial charge in [0.15, 0.2) is 0 Å². The molecule has 3 fully saturated rings. The quantitative estimate of drug-likeness (QED) is 0.911. The molecule has 5 heteroatoms. The summed E-state index contributed by atoms with van der Waals surface area (Å²) in [6, 6.07) is 10.1. The lowest BCUT2D eigenvalue weighted by molar-refractivity contribution is 0.0730. The first-order valence-electron chi connectivity index (χ1n) is 8.16. The second-order valence-electron chi connectivity index (χ2n) is 7.78. The number of hydrogen-bond donors (Lipinski definition) is 1. The van der Waals surface area contributed by atoms with E-state index in [1.54, 1.807) is 0 Å². The van der Waals surface area contributed by atoms with Gasteiger partial charge in [-0.05, 0) is 36.2 Å². The lowest BCUT2D eigenvalue weighted by Crippen LogP contribution is -2.63. The van der Waals surface area contributed by atoms with Gasteiger partial charge in [-0.3, -0.25) is 0 Å². The maximum absolute atomic E-state index is 12.9. The molecule has 1 spiro atoms. The van der Waals surface area contributed by atoms with E-state index in [1.165, 1.54) is 10.8 Å². The first-order valence-corrected chi connectivity index (χ1v) is 9.77. The van der Waals surface area contributed by atoms with Crippen molar-refractivity contribution in [1.29, 1.82) is 0 Å². The number of fused-ring (bicyclic) bond motifs is 1. The minimum absolute atomic E-state index is 0.0797. The van der Waals surface area contributed by atoms with E-state index in [9.17, 15) is 8.42 Å². The van der Waals surface area contributed by atoms with Crippen molar-refractivity contribution in [2.75, 3.05) is 5.75 Å². The Morgan fingerprint density at radius 1 is 1.27 bits per heavy atom. The molecule has 0 unspecified atom stereocenters. The van der Waals surface area contributed by atoms with Gasteiger partial charge in [0.1, 0.15) is 0 Å². The highest BCUT2D eigenvalue weighted by Gasteiger charge is 2.67. The fourth-order valence-corrected chi connectivity index (χ4v) is 7.31. The van der Waals surface area contributed by atoms with Crippen LogP contribution < -0.4 is 5.43 Å². The molecule has 0 amide bonds. The van der Waals surface area contributed by atoms with E-state index in [2.05, 4.69) is 19.3 Å². The van der Waals surface area contributed by atoms with Crippen LogP contribution in [0.4, 0.5) is 0 Å². The SMILES string of the molecule is CC1(C)[C@@H]2CC[C@]13CS(=O)(=O)N(Cc1ccccc1)N[C@@H]3C2. The highest BCUT2D eigenvalue weighted by atomic mass is 32.2. The van der Waals surface area contributed by atoms with E-state index in [0.29, 0.717) is 24.3 Å². The number of hydrazine groups is 1. The Morgan fingerprint density at radius 3 is 2.68 bits per heavy atom. The zero-order valence-electron chi connectivity index (χ0n) is 13.2. The van der Waals surface area contributed by atoms with Crippen LogP contribution in [0, 0.1) is 16.7 Å². The van der Waals surface area contributed by atoms with E-state index >= 15 is 0 Å². The third kappa shape index (κ3) is 1.85. The highest BCUT2D eigenvalue weighted by molar-refractivity contribution is 7.89. The molecule has 1 aliphatic heterocycles. The third-order valence-corrected chi connectivity index (χ3v) is 8.46. The first-order chi connectivity index (χ1) is 10.4. The smallest absolute Gasteiger partial charge is 0.227 e. The van der Waals surface area contributed by atoms with Crippen LogP contribution >= 0.6 is 0 Å². The van der Waals surface area contributed by atoms with Crippen LogP contribution in [0.2, 0.25) is 0 Å². The normalized spacial score (nSPS) is 38.8. The molecule has 3 atom stereocenters. The summed E-state index contributed by atoms with van der Waals surface area (Å²) in [6.07, 6.45) is 3.33. The van der Waals surface area contributed by atoms with Crippen molar-refractivity contribution in [3.05, 3.63) is 35.9 Å². The predicted octanol–water partition coefficient (Wildman–Crippen LogP) is 2.53. The van der Waals surface area contributed by atoms with Gasteiger partial charge in [0, 0.05) is 11.5 Å². The number of nitrogens with zero attached hydrogens (tertiary/aromatic N) is 1. The number of rotatable bonds is 2. The Labute approximate surface area is 132 Å². The second kappa shape index (κ2) is 4.56. The number of sulfonamides is 1. The lowest BCUT2D eigenvalue weighted by Gasteiger charge is -2.48. The van der Waals surface area contributed by atoms with Crippen LogP contribution in [0.25, 0.3) is 0 Å². The molecule has 1 heterocycles. The number of benzene rings is 1. The van der Waals surface area contributed by atoms with Crippen molar-refractivity contribution >= 4 is 10.0 Å². The number of nitrogens with one attached hydrogen (secondary N) is 1. The summed E-state index contributed by atoms with van der Waals surface area (Å²) in [6.45, 7) is 4.96. The Morgan fingerprint density at radius 2 is 2.00 bits per heavy atom. The zero-order chi connectivity index (χ0) is 15.6. The molecule has 120 valence electrons. The van der Waals surface area contributed by atoms with Crippen LogP contribution in [0.5, 0.6) is 0 Å². The van der Waals surface area contributed by atoms with Crippen molar-refractivity contribution < 1.29 is 8.42 Å². The molecule has 2 aliphatic carbocycles. The standard InChI is InChI=1S/C17H24N2O2S/c1-16(2)14-8-9-17(16)12-22(20,21)19(18-15(17)10-14)11-13-6-4-3-5-7-13/h3-7,14-15,18H,8-12H2,1-2H3/t14-,15-,17-/m1/s1. The van der Waals surface area contributed by atoms with E-state index in [1.807, 2.05) is 30.3 Å². The largest absolute Gasteiger partial charge is 0.237 e. The summed E-state index contributed by atoms with van der Waals surface area (Å²) in [5, 5.41) is 0. The van der Waals surface area contributed by atoms with Gasteiger partial charge < -0.3 is 0 Å². The van der Waals surface area contributed by atoms with Crippen LogP contribution in [-0.4, -0.2) is 24.6 Å². The Hall–Kier alpha value is -0.910. The zero-order valence-corrected chi connectivity index (χ0v) is 14.1. The van der Waals surface area contributed by atoms with Gasteiger partial charge >= 0.3 is 0 Å². The topological polar surface area (TPSA) is 49.4 Å². The molecular weight excluding hydrogens is 296 g/mol. The van der Waals surface area contributed by atoms with Gasteiger partial charge in [-0.15, -0.1) is 4.41 Å². The minimum atomic E-state index is -3.27. The van der Waals surface area contributed by atoms with Crippen molar-refractivity contribution in [2.24, 2.45) is 16.7 Å². The molecule has 0 radical (unpaired) electrons. The molecule has 0 aromatic heterocycles. The summed E-state index contributed by atoms with van der Waals surface area (Å²) in [5.74, 6) is 0.949. The Kier molecular flexibility index (Phi) is 3.04. The predicted molar refractivity (Wildman–Crippen MR) is 86.3 cm³/mol. The Balaban J connectivity index is 1.64. The van der Waals surface area contributed by atoms with Crippen molar-refractivity contribution in [3.63, 3.8) is 0 Å². The molecule has 2 bridgehead atoms. The molecule has 4 rings (SSSR count). The van der Waals surface area contributed by atoms with Crippen molar-refractivity contribution in [3.8, 4) is 0 Å². The van der Waals surface area contributed by atoms with E-state index in [-0.39, 0.29) is 10.8 Å². The maximum Gasteiger partial charge on any atom is 0.227 e. The van der Waals surface area contributed by atoms with Gasteiger partial charge in [-0.25, -0.2) is 13.8 Å². The molecule has 3 aliphatic rings. The molecule has 22 heavy (non-hydrogen) atoms. The molecule has 2 saturated carbocycles. The molecule has 4 nitrogen and oxygen atoms in total. The van der Waals surface area contributed by atoms with Crippen molar-refractivity contribution in [1.82, 2.24) is 9.84 Å². The summed E-state index contributed by atoms with van der Waals surface area (Å²) in [7, 11) is -3.27. The monoisotopic (exact) mass is 320 g/mol. The summed E-state index contributed by atoms with van der Waals surface area (Å²) in [4.78, 5) is 0. The van der Waals surface area contributed by atoms with E-state index in [0.717, 1.165) is 18.4 Å². The lowest BCUT2D eigenvalue weighted by atomic mass is 9.69. The first kappa shape index (κ1) is 14.7. The second-order valence-corrected chi connectivity index (χ2v) is 9.67. The van der Waals surface area contributed by atoms with Crippen LogP contribution in [-0.2, 0) is 16.6 Å². The van der Waals surface area contributed by atoms with Gasteiger partial charge in [0.2, 0.25) is 10.0 Å². The fraction of sp³-hybridized carbons (Fsp3) is 0.647. The van der Waals surface area contributed by atoms with Crippen molar-refractivity contribution in [2.45, 2.75) is 45.7 Å². The van der Waals surface area contributed by atoms with Gasteiger partial charge in [0.25, 0.3) is 0 Å². The highest BCUT2D eigenvalue weighted by Crippen LogP contribution is 2.67. The summed E-state index contributed by atoms with van der Waals surface area (Å²) >= 11 is 0. The molecular formula is C17H24N2O2S. The molecule has 1 aromatic carbocycles. The van der Waals surface area contributed by atoms with Gasteiger partial charge in [0.05, 0.1) is 12.3 Å². The molecule has 1 N–H and O–H groups in total. The van der Waals surface area contributed by atoms with Crippen LogP contribution in [0.3, 0.4) is 0 Å². The van der Waals surface area contributed by atoms with E-state index < -0.39 is 10.0 Å². The summed E-state index contributed by atoms with van der Waals surface area (Å²) in [5.41, 5.74) is 4.44. The third-order valence-electron chi connectivity index (χ3n) is 6.67. The average Bonchev–Trinajstić information content (AvgIpc) is 2.81. The van der Waals surface area contributed by atoms with Gasteiger partial charge in [-0.1, -0.05) is 44.2 Å². The van der Waals surface area contributed by atoms with Crippen LogP contribution in [0.15, 0.2) is 30.3 Å². The number of hydrogen-bond acceptors (Lipinski definition) is 3. The maximum atomic E-state index is 12.9. The van der Waals surface area contributed by atoms with Gasteiger partial charge in [-0.2, -0.15) is 0 Å². The average molecular weight is 320 g/mol. The van der Waals surface area contributed by atoms with E-state index in [4.69, 9.17) is 0 Å². The Bertz CT molecular complexity index is 686. The molecule has 1 saturated heterocycles.